The van der Waals surface area contributed by atoms with Gasteiger partial charge in [-0.05, 0) is 25.1 Å². The third-order valence-electron chi connectivity index (χ3n) is 4.64. The molecule has 2 aromatic carbocycles. The summed E-state index contributed by atoms with van der Waals surface area (Å²) in [5.74, 6) is 0.599. The lowest BCUT2D eigenvalue weighted by atomic mass is 9.83. The molecule has 27 heavy (non-hydrogen) atoms. The SMILES string of the molecule is Cc1nc2c(c(=O)[nH]1)C(c1c(F)cccc1Cl)c1cc3c(cc1O2)OCO3. The highest BCUT2D eigenvalue weighted by molar-refractivity contribution is 6.31. The van der Waals surface area contributed by atoms with E-state index in [0.717, 1.165) is 0 Å². The number of hydrogen-bond donors (Lipinski definition) is 1. The average molecular weight is 387 g/mol. The second-order valence-electron chi connectivity index (χ2n) is 6.28. The Balaban J connectivity index is 1.85. The molecule has 2 aliphatic rings. The molecule has 0 amide bonds. The predicted octanol–water partition coefficient (Wildman–Crippen LogP) is 3.89. The molecule has 3 heterocycles. The lowest BCUT2D eigenvalue weighted by Gasteiger charge is -2.28. The van der Waals surface area contributed by atoms with E-state index >= 15 is 0 Å². The van der Waals surface area contributed by atoms with Crippen LogP contribution in [0.25, 0.3) is 0 Å². The van der Waals surface area contributed by atoms with E-state index in [2.05, 4.69) is 9.97 Å². The first-order valence-electron chi connectivity index (χ1n) is 8.19. The third kappa shape index (κ3) is 2.39. The van der Waals surface area contributed by atoms with Gasteiger partial charge in [-0.3, -0.25) is 4.79 Å². The molecule has 1 unspecified atom stereocenters. The molecule has 1 atom stereocenters. The smallest absolute Gasteiger partial charge is 0.258 e. The molecular weight excluding hydrogens is 375 g/mol. The third-order valence-corrected chi connectivity index (χ3v) is 4.97. The molecule has 8 heteroatoms. The molecule has 5 rings (SSSR count). The maximum absolute atomic E-state index is 14.8. The normalized spacial score (nSPS) is 16.5. The number of nitrogens with zero attached hydrogens (tertiary/aromatic N) is 1. The van der Waals surface area contributed by atoms with E-state index in [0.29, 0.717) is 28.6 Å². The van der Waals surface area contributed by atoms with Gasteiger partial charge in [-0.25, -0.2) is 4.39 Å². The molecule has 0 saturated heterocycles. The van der Waals surface area contributed by atoms with Gasteiger partial charge in [0.15, 0.2) is 11.5 Å². The predicted molar refractivity (Wildman–Crippen MR) is 94.6 cm³/mol. The first-order valence-corrected chi connectivity index (χ1v) is 8.57. The molecule has 0 bridgehead atoms. The second kappa shape index (κ2) is 5.72. The summed E-state index contributed by atoms with van der Waals surface area (Å²) in [5.41, 5.74) is 0.513. The van der Waals surface area contributed by atoms with Crippen molar-refractivity contribution >= 4 is 11.6 Å². The van der Waals surface area contributed by atoms with Gasteiger partial charge in [0.05, 0.1) is 11.5 Å². The maximum atomic E-state index is 14.8. The Labute approximate surface area is 157 Å². The molecular formula is C19H12ClFN2O4. The minimum Gasteiger partial charge on any atom is -0.454 e. The van der Waals surface area contributed by atoms with E-state index in [1.807, 2.05) is 0 Å². The van der Waals surface area contributed by atoms with E-state index in [9.17, 15) is 9.18 Å². The Morgan fingerprint density at radius 1 is 1.19 bits per heavy atom. The zero-order valence-electron chi connectivity index (χ0n) is 14.0. The minimum atomic E-state index is -0.802. The number of H-pyrrole nitrogens is 1. The fraction of sp³-hybridized carbons (Fsp3) is 0.158. The van der Waals surface area contributed by atoms with Crippen molar-refractivity contribution in [3.05, 3.63) is 74.0 Å². The number of ether oxygens (including phenoxy) is 3. The molecule has 1 aromatic heterocycles. The van der Waals surface area contributed by atoms with E-state index in [-0.39, 0.29) is 28.8 Å². The van der Waals surface area contributed by atoms with Crippen LogP contribution >= 0.6 is 11.6 Å². The van der Waals surface area contributed by atoms with Gasteiger partial charge in [-0.1, -0.05) is 17.7 Å². The van der Waals surface area contributed by atoms with Gasteiger partial charge in [0.1, 0.15) is 17.4 Å². The van der Waals surface area contributed by atoms with Crippen LogP contribution in [0, 0.1) is 12.7 Å². The summed E-state index contributed by atoms with van der Waals surface area (Å²) < 4.78 is 31.5. The summed E-state index contributed by atoms with van der Waals surface area (Å²) >= 11 is 6.33. The molecule has 0 radical (unpaired) electrons. The van der Waals surface area contributed by atoms with Crippen LogP contribution in [0.1, 0.15) is 28.4 Å². The number of benzene rings is 2. The standard InChI is InChI=1S/C19H12ClFN2O4/c1-8-22-18(24)17-15(16-10(20)3-2-4-11(16)21)9-5-13-14(26-7-25-13)6-12(9)27-19(17)23-8/h2-6,15H,7H2,1H3,(H,22,23,24). The number of rotatable bonds is 1. The van der Waals surface area contributed by atoms with Crippen molar-refractivity contribution in [3.8, 4) is 23.1 Å². The fourth-order valence-corrected chi connectivity index (χ4v) is 3.77. The minimum absolute atomic E-state index is 0.0776. The number of hydrogen-bond acceptors (Lipinski definition) is 5. The zero-order valence-corrected chi connectivity index (χ0v) is 14.8. The first kappa shape index (κ1) is 16.1. The van der Waals surface area contributed by atoms with Crippen molar-refractivity contribution in [1.82, 2.24) is 9.97 Å². The van der Waals surface area contributed by atoms with Crippen LogP contribution in [-0.4, -0.2) is 16.8 Å². The molecule has 0 fully saturated rings. The van der Waals surface area contributed by atoms with Crippen LogP contribution in [0.2, 0.25) is 5.02 Å². The summed E-state index contributed by atoms with van der Waals surface area (Å²) in [7, 11) is 0. The van der Waals surface area contributed by atoms with Gasteiger partial charge < -0.3 is 19.2 Å². The van der Waals surface area contributed by atoms with Crippen molar-refractivity contribution in [2.24, 2.45) is 0 Å². The number of aryl methyl sites for hydroxylation is 1. The van der Waals surface area contributed by atoms with Crippen molar-refractivity contribution in [2.75, 3.05) is 6.79 Å². The van der Waals surface area contributed by atoms with Gasteiger partial charge >= 0.3 is 0 Å². The molecule has 0 spiro atoms. The molecule has 0 aliphatic carbocycles. The van der Waals surface area contributed by atoms with E-state index < -0.39 is 17.3 Å². The monoisotopic (exact) mass is 386 g/mol. The molecule has 3 aromatic rings. The van der Waals surface area contributed by atoms with Crippen LogP contribution in [-0.2, 0) is 0 Å². The first-order chi connectivity index (χ1) is 13.0. The maximum Gasteiger partial charge on any atom is 0.258 e. The Morgan fingerprint density at radius 2 is 1.96 bits per heavy atom. The Hall–Kier alpha value is -3.06. The van der Waals surface area contributed by atoms with E-state index in [4.69, 9.17) is 25.8 Å². The van der Waals surface area contributed by atoms with Gasteiger partial charge in [-0.2, -0.15) is 4.98 Å². The fourth-order valence-electron chi connectivity index (χ4n) is 3.50. The number of aromatic nitrogens is 2. The molecule has 1 N–H and O–H groups in total. The number of nitrogens with one attached hydrogen (secondary N) is 1. The molecule has 0 saturated carbocycles. The summed E-state index contributed by atoms with van der Waals surface area (Å²) in [6.07, 6.45) is 0. The number of fused-ring (bicyclic) bond motifs is 3. The van der Waals surface area contributed by atoms with Crippen LogP contribution in [0.3, 0.4) is 0 Å². The summed E-state index contributed by atoms with van der Waals surface area (Å²) in [6, 6.07) is 7.74. The van der Waals surface area contributed by atoms with Crippen molar-refractivity contribution in [2.45, 2.75) is 12.8 Å². The van der Waals surface area contributed by atoms with Gasteiger partial charge in [0.25, 0.3) is 5.56 Å². The van der Waals surface area contributed by atoms with Crippen molar-refractivity contribution in [1.29, 1.82) is 0 Å². The second-order valence-corrected chi connectivity index (χ2v) is 6.69. The Morgan fingerprint density at radius 3 is 2.74 bits per heavy atom. The highest BCUT2D eigenvalue weighted by Crippen LogP contribution is 2.51. The Bertz CT molecular complexity index is 1140. The largest absolute Gasteiger partial charge is 0.454 e. The molecule has 6 nitrogen and oxygen atoms in total. The quantitative estimate of drug-likeness (QED) is 0.537. The van der Waals surface area contributed by atoms with Crippen LogP contribution < -0.4 is 19.8 Å². The van der Waals surface area contributed by atoms with Crippen LogP contribution in [0.4, 0.5) is 4.39 Å². The Kier molecular flexibility index (Phi) is 3.42. The van der Waals surface area contributed by atoms with Gasteiger partial charge in [-0.15, -0.1) is 0 Å². The van der Waals surface area contributed by atoms with E-state index in [1.54, 1.807) is 25.1 Å². The summed E-state index contributed by atoms with van der Waals surface area (Å²) in [4.78, 5) is 19.7. The number of aromatic amines is 1. The lowest BCUT2D eigenvalue weighted by Crippen LogP contribution is -2.25. The zero-order chi connectivity index (χ0) is 18.7. The summed E-state index contributed by atoms with van der Waals surface area (Å²) in [6.45, 7) is 1.72. The molecule has 2 aliphatic heterocycles. The lowest BCUT2D eigenvalue weighted by molar-refractivity contribution is 0.174. The van der Waals surface area contributed by atoms with E-state index in [1.165, 1.54) is 12.1 Å². The highest BCUT2D eigenvalue weighted by atomic mass is 35.5. The summed E-state index contributed by atoms with van der Waals surface area (Å²) in [5, 5.41) is 0.205. The van der Waals surface area contributed by atoms with Crippen molar-refractivity contribution in [3.63, 3.8) is 0 Å². The topological polar surface area (TPSA) is 73.4 Å². The number of halogens is 2. The van der Waals surface area contributed by atoms with Crippen LogP contribution in [0.15, 0.2) is 35.1 Å². The average Bonchev–Trinajstić information content (AvgIpc) is 3.06. The molecule has 136 valence electrons. The van der Waals surface area contributed by atoms with Crippen LogP contribution in [0.5, 0.6) is 23.1 Å². The van der Waals surface area contributed by atoms with Crippen molar-refractivity contribution < 1.29 is 18.6 Å². The van der Waals surface area contributed by atoms with Gasteiger partial charge in [0.2, 0.25) is 12.7 Å². The highest BCUT2D eigenvalue weighted by Gasteiger charge is 2.37. The van der Waals surface area contributed by atoms with Gasteiger partial charge in [0, 0.05) is 22.2 Å².